The smallest absolute Gasteiger partial charge is 0.241 e. The van der Waals surface area contributed by atoms with E-state index in [-0.39, 0.29) is 18.1 Å². The van der Waals surface area contributed by atoms with Crippen molar-refractivity contribution in [2.75, 3.05) is 19.8 Å². The van der Waals surface area contributed by atoms with E-state index in [1.165, 1.54) is 4.88 Å². The first-order valence-corrected chi connectivity index (χ1v) is 8.70. The Labute approximate surface area is 131 Å². The standard InChI is InChI=1S/C16H26N2O2S/c1-4-9-20-10-6-8-18-15(13-7-5-11-21-13)17-14(12(2)3)16(18)19/h5,7,11-12,14-15,17H,4,6,8-10H2,1-3H3. The van der Waals surface area contributed by atoms with Crippen molar-refractivity contribution in [3.63, 3.8) is 0 Å². The molecule has 118 valence electrons. The number of thiophene rings is 1. The molecule has 2 rings (SSSR count). The van der Waals surface area contributed by atoms with Gasteiger partial charge in [0.2, 0.25) is 5.91 Å². The zero-order valence-corrected chi connectivity index (χ0v) is 14.0. The summed E-state index contributed by atoms with van der Waals surface area (Å²) >= 11 is 1.70. The third-order valence-electron chi connectivity index (χ3n) is 3.71. The Morgan fingerprint density at radius 3 is 2.86 bits per heavy atom. The van der Waals surface area contributed by atoms with Gasteiger partial charge in [0.1, 0.15) is 6.17 Å². The fourth-order valence-corrected chi connectivity index (χ4v) is 3.42. The Morgan fingerprint density at radius 1 is 1.43 bits per heavy atom. The van der Waals surface area contributed by atoms with Gasteiger partial charge in [-0.1, -0.05) is 26.8 Å². The zero-order valence-electron chi connectivity index (χ0n) is 13.2. The van der Waals surface area contributed by atoms with Gasteiger partial charge in [0.05, 0.1) is 6.04 Å². The van der Waals surface area contributed by atoms with Crippen molar-refractivity contribution in [1.29, 1.82) is 0 Å². The Morgan fingerprint density at radius 2 is 2.24 bits per heavy atom. The van der Waals surface area contributed by atoms with E-state index in [1.807, 2.05) is 11.0 Å². The predicted octanol–water partition coefficient (Wildman–Crippen LogP) is 3.02. The number of rotatable bonds is 8. The summed E-state index contributed by atoms with van der Waals surface area (Å²) in [5.74, 6) is 0.528. The minimum absolute atomic E-state index is 0.0241. The topological polar surface area (TPSA) is 41.6 Å². The highest BCUT2D eigenvalue weighted by molar-refractivity contribution is 7.10. The SMILES string of the molecule is CCCOCCCN1C(=O)C(C(C)C)NC1c1cccs1. The van der Waals surface area contributed by atoms with Crippen LogP contribution in [0.3, 0.4) is 0 Å². The maximum absolute atomic E-state index is 12.6. The molecular formula is C16H26N2O2S. The van der Waals surface area contributed by atoms with Gasteiger partial charge in [0.15, 0.2) is 0 Å². The molecule has 5 heteroatoms. The van der Waals surface area contributed by atoms with E-state index in [0.717, 1.165) is 32.6 Å². The van der Waals surface area contributed by atoms with Crippen LogP contribution in [0.4, 0.5) is 0 Å². The van der Waals surface area contributed by atoms with E-state index in [9.17, 15) is 4.79 Å². The second-order valence-corrected chi connectivity index (χ2v) is 6.78. The summed E-state index contributed by atoms with van der Waals surface area (Å²) in [6.45, 7) is 8.56. The van der Waals surface area contributed by atoms with Gasteiger partial charge in [-0.15, -0.1) is 11.3 Å². The Bertz CT molecular complexity index is 433. The average molecular weight is 310 g/mol. The van der Waals surface area contributed by atoms with Crippen LogP contribution < -0.4 is 5.32 Å². The van der Waals surface area contributed by atoms with Crippen LogP contribution in [0.5, 0.6) is 0 Å². The van der Waals surface area contributed by atoms with Gasteiger partial charge in [-0.3, -0.25) is 10.1 Å². The summed E-state index contributed by atoms with van der Waals surface area (Å²) < 4.78 is 5.52. The zero-order chi connectivity index (χ0) is 15.2. The summed E-state index contributed by atoms with van der Waals surface area (Å²) in [5, 5.41) is 5.55. The van der Waals surface area contributed by atoms with Crippen LogP contribution in [-0.4, -0.2) is 36.6 Å². The van der Waals surface area contributed by atoms with Gasteiger partial charge in [-0.2, -0.15) is 0 Å². The third kappa shape index (κ3) is 4.05. The molecule has 1 aromatic rings. The molecule has 1 aliphatic rings. The second-order valence-electron chi connectivity index (χ2n) is 5.80. The average Bonchev–Trinajstić information content (AvgIpc) is 3.07. The van der Waals surface area contributed by atoms with Crippen molar-refractivity contribution in [3.05, 3.63) is 22.4 Å². The normalized spacial score (nSPS) is 22.5. The summed E-state index contributed by atoms with van der Waals surface area (Å²) in [6, 6.07) is 4.06. The number of ether oxygens (including phenoxy) is 1. The van der Waals surface area contributed by atoms with E-state index in [1.54, 1.807) is 11.3 Å². The van der Waals surface area contributed by atoms with E-state index in [0.29, 0.717) is 5.92 Å². The molecule has 1 aliphatic heterocycles. The number of hydrogen-bond donors (Lipinski definition) is 1. The molecule has 0 aromatic carbocycles. The van der Waals surface area contributed by atoms with E-state index in [4.69, 9.17) is 4.74 Å². The van der Waals surface area contributed by atoms with E-state index in [2.05, 4.69) is 37.5 Å². The summed E-state index contributed by atoms with van der Waals surface area (Å²) in [7, 11) is 0. The van der Waals surface area contributed by atoms with Crippen molar-refractivity contribution in [3.8, 4) is 0 Å². The molecule has 0 radical (unpaired) electrons. The summed E-state index contributed by atoms with van der Waals surface area (Å²) in [5.41, 5.74) is 0. The van der Waals surface area contributed by atoms with Crippen LogP contribution in [0.25, 0.3) is 0 Å². The number of nitrogens with one attached hydrogen (secondary N) is 1. The highest BCUT2D eigenvalue weighted by Crippen LogP contribution is 2.30. The molecule has 1 aromatic heterocycles. The molecular weight excluding hydrogens is 284 g/mol. The quantitative estimate of drug-likeness (QED) is 0.751. The first-order valence-electron chi connectivity index (χ1n) is 7.82. The first-order chi connectivity index (χ1) is 10.1. The molecule has 2 atom stereocenters. The lowest BCUT2D eigenvalue weighted by Gasteiger charge is -2.23. The molecule has 1 fully saturated rings. The Kier molecular flexibility index (Phi) is 6.21. The lowest BCUT2D eigenvalue weighted by Crippen LogP contribution is -2.35. The highest BCUT2D eigenvalue weighted by Gasteiger charge is 2.40. The first kappa shape index (κ1) is 16.5. The van der Waals surface area contributed by atoms with Crippen LogP contribution in [0.2, 0.25) is 0 Å². The largest absolute Gasteiger partial charge is 0.381 e. The van der Waals surface area contributed by atoms with Crippen LogP contribution in [0, 0.1) is 5.92 Å². The lowest BCUT2D eigenvalue weighted by atomic mass is 10.1. The van der Waals surface area contributed by atoms with E-state index >= 15 is 0 Å². The van der Waals surface area contributed by atoms with E-state index < -0.39 is 0 Å². The number of hydrogen-bond acceptors (Lipinski definition) is 4. The van der Waals surface area contributed by atoms with Crippen LogP contribution in [0.15, 0.2) is 17.5 Å². The van der Waals surface area contributed by atoms with Gasteiger partial charge < -0.3 is 9.64 Å². The molecule has 0 spiro atoms. The molecule has 1 N–H and O–H groups in total. The molecule has 1 saturated heterocycles. The van der Waals surface area contributed by atoms with Gasteiger partial charge in [0, 0.05) is 24.6 Å². The highest BCUT2D eigenvalue weighted by atomic mass is 32.1. The summed E-state index contributed by atoms with van der Waals surface area (Å²) in [4.78, 5) is 15.8. The maximum Gasteiger partial charge on any atom is 0.241 e. The van der Waals surface area contributed by atoms with Gasteiger partial charge in [-0.05, 0) is 30.2 Å². The van der Waals surface area contributed by atoms with Crippen LogP contribution >= 0.6 is 11.3 Å². The number of carbonyl (C=O) groups is 1. The Hall–Kier alpha value is -0.910. The molecule has 0 bridgehead atoms. The third-order valence-corrected chi connectivity index (χ3v) is 4.64. The number of amides is 1. The minimum atomic E-state index is -0.0753. The van der Waals surface area contributed by atoms with Crippen molar-refractivity contribution in [1.82, 2.24) is 10.2 Å². The summed E-state index contributed by atoms with van der Waals surface area (Å²) in [6.07, 6.45) is 1.95. The molecule has 0 saturated carbocycles. The van der Waals surface area contributed by atoms with Gasteiger partial charge in [-0.25, -0.2) is 0 Å². The van der Waals surface area contributed by atoms with Gasteiger partial charge in [0.25, 0.3) is 0 Å². The van der Waals surface area contributed by atoms with Crippen molar-refractivity contribution in [2.45, 2.75) is 45.8 Å². The predicted molar refractivity (Wildman–Crippen MR) is 86.3 cm³/mol. The number of carbonyl (C=O) groups excluding carboxylic acids is 1. The monoisotopic (exact) mass is 310 g/mol. The van der Waals surface area contributed by atoms with Crippen LogP contribution in [0.1, 0.15) is 44.7 Å². The minimum Gasteiger partial charge on any atom is -0.381 e. The molecule has 1 amide bonds. The van der Waals surface area contributed by atoms with Crippen LogP contribution in [-0.2, 0) is 9.53 Å². The molecule has 0 aliphatic carbocycles. The van der Waals surface area contributed by atoms with Crippen molar-refractivity contribution in [2.24, 2.45) is 5.92 Å². The molecule has 2 heterocycles. The maximum atomic E-state index is 12.6. The molecule has 4 nitrogen and oxygen atoms in total. The second kappa shape index (κ2) is 7.92. The van der Waals surface area contributed by atoms with Crippen molar-refractivity contribution >= 4 is 17.2 Å². The molecule has 2 unspecified atom stereocenters. The molecule has 21 heavy (non-hydrogen) atoms. The lowest BCUT2D eigenvalue weighted by molar-refractivity contribution is -0.131. The number of nitrogens with zero attached hydrogens (tertiary/aromatic N) is 1. The fraction of sp³-hybridized carbons (Fsp3) is 0.688. The fourth-order valence-electron chi connectivity index (χ4n) is 2.62. The Balaban J connectivity index is 1.98. The van der Waals surface area contributed by atoms with Gasteiger partial charge >= 0.3 is 0 Å². The van der Waals surface area contributed by atoms with Crippen molar-refractivity contribution < 1.29 is 9.53 Å².